The van der Waals surface area contributed by atoms with Gasteiger partial charge < -0.3 is 19.9 Å². The van der Waals surface area contributed by atoms with Gasteiger partial charge in [0.15, 0.2) is 0 Å². The average Bonchev–Trinajstić information content (AvgIpc) is 2.55. The van der Waals surface area contributed by atoms with Crippen molar-refractivity contribution in [1.29, 1.82) is 0 Å². The zero-order chi connectivity index (χ0) is 15.1. The lowest BCUT2D eigenvalue weighted by atomic mass is 10.0. The van der Waals surface area contributed by atoms with Crippen molar-refractivity contribution in [1.82, 2.24) is 10.2 Å². The average molecular weight is 289 g/mol. The molecule has 0 fully saturated rings. The minimum atomic E-state index is -0.415. The Balaban J connectivity index is 2.19. The fraction of sp³-hybridized carbons (Fsp3) is 0.333. The summed E-state index contributed by atoms with van der Waals surface area (Å²) in [5, 5.41) is 8.02. The molecule has 2 aromatic rings. The molecule has 1 atom stereocenters. The van der Waals surface area contributed by atoms with Crippen LogP contribution in [0.5, 0.6) is 11.6 Å². The summed E-state index contributed by atoms with van der Waals surface area (Å²) >= 11 is 0. The molecule has 0 aliphatic carbocycles. The van der Waals surface area contributed by atoms with Crippen molar-refractivity contribution in [2.24, 2.45) is 5.73 Å². The highest BCUT2D eigenvalue weighted by atomic mass is 16.5. The normalized spacial score (nSPS) is 12.0. The number of methoxy groups -OCH3 is 2. The Kier molecular flexibility index (Phi) is 5.48. The van der Waals surface area contributed by atoms with Gasteiger partial charge in [-0.15, -0.1) is 10.2 Å². The van der Waals surface area contributed by atoms with Gasteiger partial charge in [-0.3, -0.25) is 0 Å². The molecule has 1 heterocycles. The van der Waals surface area contributed by atoms with Crippen molar-refractivity contribution in [2.75, 3.05) is 27.4 Å². The first-order chi connectivity index (χ1) is 10.3. The van der Waals surface area contributed by atoms with Gasteiger partial charge >= 0.3 is 0 Å². The van der Waals surface area contributed by atoms with Crippen LogP contribution in [0.3, 0.4) is 0 Å². The molecule has 1 unspecified atom stereocenters. The summed E-state index contributed by atoms with van der Waals surface area (Å²) < 4.78 is 15.7. The van der Waals surface area contributed by atoms with E-state index in [1.807, 2.05) is 24.3 Å². The van der Waals surface area contributed by atoms with Gasteiger partial charge in [-0.2, -0.15) is 0 Å². The molecule has 0 saturated carbocycles. The van der Waals surface area contributed by atoms with E-state index >= 15 is 0 Å². The lowest BCUT2D eigenvalue weighted by Gasteiger charge is -2.16. The standard InChI is InChI=1S/C15H19N3O3/c1-19-9-10-21-13-6-4-3-5-11(13)15(16)12-7-8-14(20-2)18-17-12/h3-8,15H,9-10,16H2,1-2H3. The molecular formula is C15H19N3O3. The van der Waals surface area contributed by atoms with Gasteiger partial charge in [0.25, 0.3) is 0 Å². The van der Waals surface area contributed by atoms with Crippen molar-refractivity contribution in [3.63, 3.8) is 0 Å². The summed E-state index contributed by atoms with van der Waals surface area (Å²) in [4.78, 5) is 0. The van der Waals surface area contributed by atoms with Crippen LogP contribution < -0.4 is 15.2 Å². The lowest BCUT2D eigenvalue weighted by molar-refractivity contribution is 0.145. The molecule has 0 radical (unpaired) electrons. The van der Waals surface area contributed by atoms with Gasteiger partial charge in [-0.25, -0.2) is 0 Å². The predicted octanol–water partition coefficient (Wildman–Crippen LogP) is 1.56. The highest BCUT2D eigenvalue weighted by molar-refractivity contribution is 5.39. The molecule has 0 spiro atoms. The Hall–Kier alpha value is -2.18. The first kappa shape index (κ1) is 15.2. The van der Waals surface area contributed by atoms with E-state index in [0.717, 1.165) is 11.3 Å². The van der Waals surface area contributed by atoms with E-state index < -0.39 is 6.04 Å². The molecular weight excluding hydrogens is 270 g/mol. The van der Waals surface area contributed by atoms with Crippen LogP contribution in [0.15, 0.2) is 36.4 Å². The maximum absolute atomic E-state index is 6.26. The van der Waals surface area contributed by atoms with Crippen molar-refractivity contribution >= 4 is 0 Å². The number of ether oxygens (including phenoxy) is 3. The van der Waals surface area contributed by atoms with E-state index in [2.05, 4.69) is 10.2 Å². The summed E-state index contributed by atoms with van der Waals surface area (Å²) in [6, 6.07) is 10.7. The van der Waals surface area contributed by atoms with Gasteiger partial charge in [-0.1, -0.05) is 18.2 Å². The highest BCUT2D eigenvalue weighted by Crippen LogP contribution is 2.27. The van der Waals surface area contributed by atoms with E-state index in [1.54, 1.807) is 26.4 Å². The molecule has 0 saturated heterocycles. The molecule has 6 heteroatoms. The summed E-state index contributed by atoms with van der Waals surface area (Å²) in [6.07, 6.45) is 0. The van der Waals surface area contributed by atoms with E-state index in [1.165, 1.54) is 0 Å². The number of hydrogen-bond donors (Lipinski definition) is 1. The molecule has 1 aromatic heterocycles. The summed E-state index contributed by atoms with van der Waals surface area (Å²) in [5.74, 6) is 1.18. The topological polar surface area (TPSA) is 79.5 Å². The van der Waals surface area contributed by atoms with Crippen LogP contribution in [0.25, 0.3) is 0 Å². The zero-order valence-corrected chi connectivity index (χ0v) is 12.2. The van der Waals surface area contributed by atoms with Gasteiger partial charge in [0.2, 0.25) is 5.88 Å². The van der Waals surface area contributed by atoms with E-state index in [4.69, 9.17) is 19.9 Å². The van der Waals surface area contributed by atoms with Gasteiger partial charge in [-0.05, 0) is 12.1 Å². The predicted molar refractivity (Wildman–Crippen MR) is 78.4 cm³/mol. The maximum atomic E-state index is 6.26. The van der Waals surface area contributed by atoms with Gasteiger partial charge in [0.05, 0.1) is 25.5 Å². The molecule has 1 aromatic carbocycles. The summed E-state index contributed by atoms with van der Waals surface area (Å²) in [7, 11) is 3.18. The zero-order valence-electron chi connectivity index (χ0n) is 12.2. The molecule has 21 heavy (non-hydrogen) atoms. The minimum Gasteiger partial charge on any atom is -0.491 e. The molecule has 2 N–H and O–H groups in total. The lowest BCUT2D eigenvalue weighted by Crippen LogP contribution is -2.16. The minimum absolute atomic E-state index is 0.415. The number of benzene rings is 1. The number of nitrogens with two attached hydrogens (primary N) is 1. The molecule has 0 aliphatic rings. The largest absolute Gasteiger partial charge is 0.491 e. The second-order valence-corrected chi connectivity index (χ2v) is 4.36. The second-order valence-electron chi connectivity index (χ2n) is 4.36. The molecule has 2 rings (SSSR count). The van der Waals surface area contributed by atoms with Crippen LogP contribution in [-0.4, -0.2) is 37.6 Å². The molecule has 0 aliphatic heterocycles. The van der Waals surface area contributed by atoms with Crippen LogP contribution in [0, 0.1) is 0 Å². The Bertz CT molecular complexity index is 560. The number of aromatic nitrogens is 2. The van der Waals surface area contributed by atoms with E-state index in [-0.39, 0.29) is 0 Å². The fourth-order valence-electron chi connectivity index (χ4n) is 1.87. The van der Waals surface area contributed by atoms with Crippen molar-refractivity contribution in [3.05, 3.63) is 47.7 Å². The second kappa shape index (κ2) is 7.56. The third-order valence-corrected chi connectivity index (χ3v) is 2.99. The summed E-state index contributed by atoms with van der Waals surface area (Å²) in [5.41, 5.74) is 7.76. The molecule has 0 bridgehead atoms. The number of para-hydroxylation sites is 1. The third kappa shape index (κ3) is 3.90. The molecule has 0 amide bonds. The number of rotatable bonds is 7. The first-order valence-electron chi connectivity index (χ1n) is 6.60. The van der Waals surface area contributed by atoms with Crippen molar-refractivity contribution < 1.29 is 14.2 Å². The van der Waals surface area contributed by atoms with Crippen LogP contribution >= 0.6 is 0 Å². The van der Waals surface area contributed by atoms with Gasteiger partial charge in [0.1, 0.15) is 12.4 Å². The number of nitrogens with zero attached hydrogens (tertiary/aromatic N) is 2. The van der Waals surface area contributed by atoms with Gasteiger partial charge in [0, 0.05) is 18.7 Å². The molecule has 112 valence electrons. The monoisotopic (exact) mass is 289 g/mol. The fourth-order valence-corrected chi connectivity index (χ4v) is 1.87. The quantitative estimate of drug-likeness (QED) is 0.779. The Morgan fingerprint density at radius 2 is 1.86 bits per heavy atom. The Morgan fingerprint density at radius 1 is 1.05 bits per heavy atom. The Morgan fingerprint density at radius 3 is 2.52 bits per heavy atom. The first-order valence-corrected chi connectivity index (χ1v) is 6.60. The number of hydrogen-bond acceptors (Lipinski definition) is 6. The third-order valence-electron chi connectivity index (χ3n) is 2.99. The van der Waals surface area contributed by atoms with Crippen LogP contribution in [0.1, 0.15) is 17.3 Å². The maximum Gasteiger partial charge on any atom is 0.233 e. The SMILES string of the molecule is COCCOc1ccccc1C(N)c1ccc(OC)nn1. The summed E-state index contributed by atoms with van der Waals surface area (Å²) in [6.45, 7) is 0.987. The smallest absolute Gasteiger partial charge is 0.233 e. The highest BCUT2D eigenvalue weighted by Gasteiger charge is 2.16. The van der Waals surface area contributed by atoms with E-state index in [0.29, 0.717) is 24.8 Å². The van der Waals surface area contributed by atoms with Crippen LogP contribution in [0.2, 0.25) is 0 Å². The molecule has 6 nitrogen and oxygen atoms in total. The van der Waals surface area contributed by atoms with Crippen LogP contribution in [0.4, 0.5) is 0 Å². The van der Waals surface area contributed by atoms with Crippen molar-refractivity contribution in [3.8, 4) is 11.6 Å². The van der Waals surface area contributed by atoms with Crippen LogP contribution in [-0.2, 0) is 4.74 Å². The van der Waals surface area contributed by atoms with Crippen molar-refractivity contribution in [2.45, 2.75) is 6.04 Å². The Labute approximate surface area is 123 Å². The van der Waals surface area contributed by atoms with E-state index in [9.17, 15) is 0 Å².